The van der Waals surface area contributed by atoms with E-state index in [4.69, 9.17) is 4.42 Å². The summed E-state index contributed by atoms with van der Waals surface area (Å²) in [6, 6.07) is 7.56. The number of furan rings is 1. The van der Waals surface area contributed by atoms with Gasteiger partial charge < -0.3 is 20.0 Å². The standard InChI is InChI=1S/C20H25N3O3/c24-19(17-7-3-9-21-17)22-11-14-5-4-10-23(12-14)20(25)16-13-26-18-8-2-1-6-15(16)18/h1-2,6,8,13-14,17,21H,3-5,7,9-12H2,(H,22,24). The van der Waals surface area contributed by atoms with E-state index in [1.54, 1.807) is 6.26 Å². The Morgan fingerprint density at radius 1 is 1.23 bits per heavy atom. The van der Waals surface area contributed by atoms with E-state index in [0.717, 1.165) is 49.7 Å². The molecule has 0 aliphatic carbocycles. The predicted octanol–water partition coefficient (Wildman–Crippen LogP) is 2.15. The lowest BCUT2D eigenvalue weighted by Gasteiger charge is -2.33. The summed E-state index contributed by atoms with van der Waals surface area (Å²) in [5.41, 5.74) is 1.36. The molecule has 2 aliphatic rings. The Bertz CT molecular complexity index is 794. The molecule has 2 amide bonds. The van der Waals surface area contributed by atoms with Gasteiger partial charge in [-0.25, -0.2) is 0 Å². The number of para-hydroxylation sites is 1. The lowest BCUT2D eigenvalue weighted by atomic mass is 9.97. The zero-order valence-corrected chi connectivity index (χ0v) is 14.9. The van der Waals surface area contributed by atoms with E-state index in [0.29, 0.717) is 24.6 Å². The molecule has 2 saturated heterocycles. The van der Waals surface area contributed by atoms with Gasteiger partial charge in [0.1, 0.15) is 11.8 Å². The first-order valence-electron chi connectivity index (χ1n) is 9.49. The van der Waals surface area contributed by atoms with E-state index >= 15 is 0 Å². The highest BCUT2D eigenvalue weighted by Gasteiger charge is 2.28. The SMILES string of the molecule is O=C(NCC1CCCN(C(=O)c2coc3ccccc23)C1)C1CCCN1. The summed E-state index contributed by atoms with van der Waals surface area (Å²) in [6.45, 7) is 2.99. The summed E-state index contributed by atoms with van der Waals surface area (Å²) in [4.78, 5) is 27.0. The van der Waals surface area contributed by atoms with Gasteiger partial charge in [-0.15, -0.1) is 0 Å². The third-order valence-corrected chi connectivity index (χ3v) is 5.46. The molecular formula is C20H25N3O3. The number of amides is 2. The van der Waals surface area contributed by atoms with Gasteiger partial charge in [0, 0.05) is 25.0 Å². The van der Waals surface area contributed by atoms with Crippen molar-refractivity contribution in [1.82, 2.24) is 15.5 Å². The number of likely N-dealkylation sites (tertiary alicyclic amines) is 1. The summed E-state index contributed by atoms with van der Waals surface area (Å²) >= 11 is 0. The van der Waals surface area contributed by atoms with E-state index in [1.165, 1.54) is 0 Å². The molecule has 0 radical (unpaired) electrons. The second kappa shape index (κ2) is 7.50. The predicted molar refractivity (Wildman–Crippen MR) is 98.9 cm³/mol. The molecule has 2 unspecified atom stereocenters. The highest BCUT2D eigenvalue weighted by Crippen LogP contribution is 2.24. The Balaban J connectivity index is 1.37. The minimum atomic E-state index is -0.0476. The molecule has 2 atom stereocenters. The van der Waals surface area contributed by atoms with Crippen molar-refractivity contribution in [2.45, 2.75) is 31.7 Å². The summed E-state index contributed by atoms with van der Waals surface area (Å²) < 4.78 is 5.51. The monoisotopic (exact) mass is 355 g/mol. The van der Waals surface area contributed by atoms with Crippen LogP contribution in [0, 0.1) is 5.92 Å². The van der Waals surface area contributed by atoms with Crippen molar-refractivity contribution in [2.75, 3.05) is 26.2 Å². The molecule has 0 saturated carbocycles. The summed E-state index contributed by atoms with van der Waals surface area (Å²) in [5.74, 6) is 0.409. The maximum atomic E-state index is 12.9. The average Bonchev–Trinajstić information content (AvgIpc) is 3.35. The van der Waals surface area contributed by atoms with Gasteiger partial charge in [-0.1, -0.05) is 18.2 Å². The zero-order chi connectivity index (χ0) is 17.9. The van der Waals surface area contributed by atoms with E-state index in [1.807, 2.05) is 29.2 Å². The number of hydrogen-bond acceptors (Lipinski definition) is 4. The molecule has 4 rings (SSSR count). The van der Waals surface area contributed by atoms with Crippen molar-refractivity contribution in [3.63, 3.8) is 0 Å². The second-order valence-corrected chi connectivity index (χ2v) is 7.30. The Labute approximate surface area is 152 Å². The zero-order valence-electron chi connectivity index (χ0n) is 14.9. The largest absolute Gasteiger partial charge is 0.463 e. The first-order chi connectivity index (χ1) is 12.7. The van der Waals surface area contributed by atoms with E-state index in [-0.39, 0.29) is 17.9 Å². The van der Waals surface area contributed by atoms with Crippen LogP contribution in [-0.4, -0.2) is 48.9 Å². The third-order valence-electron chi connectivity index (χ3n) is 5.46. The number of piperidine rings is 1. The second-order valence-electron chi connectivity index (χ2n) is 7.30. The molecular weight excluding hydrogens is 330 g/mol. The van der Waals surface area contributed by atoms with Crippen molar-refractivity contribution in [3.8, 4) is 0 Å². The van der Waals surface area contributed by atoms with Crippen LogP contribution in [0.25, 0.3) is 11.0 Å². The number of nitrogens with zero attached hydrogens (tertiary/aromatic N) is 1. The van der Waals surface area contributed by atoms with Gasteiger partial charge in [0.25, 0.3) is 5.91 Å². The molecule has 26 heavy (non-hydrogen) atoms. The quantitative estimate of drug-likeness (QED) is 0.881. The first-order valence-corrected chi connectivity index (χ1v) is 9.49. The first kappa shape index (κ1) is 17.1. The number of carbonyl (C=O) groups excluding carboxylic acids is 2. The van der Waals surface area contributed by atoms with Crippen LogP contribution in [0.2, 0.25) is 0 Å². The molecule has 1 aromatic carbocycles. The van der Waals surface area contributed by atoms with Crippen LogP contribution in [0.4, 0.5) is 0 Å². The van der Waals surface area contributed by atoms with Gasteiger partial charge in [0.05, 0.1) is 11.6 Å². The minimum Gasteiger partial charge on any atom is -0.463 e. The Hall–Kier alpha value is -2.34. The average molecular weight is 355 g/mol. The molecule has 0 bridgehead atoms. The fraction of sp³-hybridized carbons (Fsp3) is 0.500. The van der Waals surface area contributed by atoms with Gasteiger partial charge in [-0.05, 0) is 44.2 Å². The summed E-state index contributed by atoms with van der Waals surface area (Å²) in [6.07, 6.45) is 5.53. The van der Waals surface area contributed by atoms with Crippen LogP contribution in [0.3, 0.4) is 0 Å². The Kier molecular flexibility index (Phi) is 4.93. The molecule has 1 aromatic heterocycles. The van der Waals surface area contributed by atoms with E-state index < -0.39 is 0 Å². The maximum absolute atomic E-state index is 12.9. The van der Waals surface area contributed by atoms with E-state index in [2.05, 4.69) is 10.6 Å². The highest BCUT2D eigenvalue weighted by molar-refractivity contribution is 6.05. The summed E-state index contributed by atoms with van der Waals surface area (Å²) in [7, 11) is 0. The van der Waals surface area contributed by atoms with Crippen LogP contribution in [0.1, 0.15) is 36.0 Å². The number of hydrogen-bond donors (Lipinski definition) is 2. The molecule has 2 N–H and O–H groups in total. The van der Waals surface area contributed by atoms with Crippen molar-refractivity contribution in [3.05, 3.63) is 36.1 Å². The van der Waals surface area contributed by atoms with Gasteiger partial charge in [-0.3, -0.25) is 9.59 Å². The topological polar surface area (TPSA) is 74.6 Å². The third kappa shape index (κ3) is 3.46. The van der Waals surface area contributed by atoms with Crippen molar-refractivity contribution < 1.29 is 14.0 Å². The number of rotatable bonds is 4. The number of fused-ring (bicyclic) bond motifs is 1. The summed E-state index contributed by atoms with van der Waals surface area (Å²) in [5, 5.41) is 7.14. The van der Waals surface area contributed by atoms with Crippen LogP contribution in [0.5, 0.6) is 0 Å². The smallest absolute Gasteiger partial charge is 0.257 e. The van der Waals surface area contributed by atoms with Crippen LogP contribution >= 0.6 is 0 Å². The fourth-order valence-corrected chi connectivity index (χ4v) is 4.01. The molecule has 6 heteroatoms. The van der Waals surface area contributed by atoms with Gasteiger partial charge in [-0.2, -0.15) is 0 Å². The molecule has 2 aromatic rings. The molecule has 2 fully saturated rings. The van der Waals surface area contributed by atoms with Crippen molar-refractivity contribution in [1.29, 1.82) is 0 Å². The van der Waals surface area contributed by atoms with Gasteiger partial charge in [0.15, 0.2) is 0 Å². The fourth-order valence-electron chi connectivity index (χ4n) is 4.01. The Morgan fingerprint density at radius 3 is 2.96 bits per heavy atom. The van der Waals surface area contributed by atoms with Gasteiger partial charge >= 0.3 is 0 Å². The maximum Gasteiger partial charge on any atom is 0.257 e. The van der Waals surface area contributed by atoms with Gasteiger partial charge in [0.2, 0.25) is 5.91 Å². The number of benzene rings is 1. The Morgan fingerprint density at radius 2 is 2.12 bits per heavy atom. The minimum absolute atomic E-state index is 0.0171. The van der Waals surface area contributed by atoms with Crippen LogP contribution < -0.4 is 10.6 Å². The van der Waals surface area contributed by atoms with Crippen LogP contribution in [-0.2, 0) is 4.79 Å². The van der Waals surface area contributed by atoms with E-state index in [9.17, 15) is 9.59 Å². The van der Waals surface area contributed by atoms with Crippen molar-refractivity contribution >= 4 is 22.8 Å². The lowest BCUT2D eigenvalue weighted by Crippen LogP contribution is -2.46. The van der Waals surface area contributed by atoms with Crippen LogP contribution in [0.15, 0.2) is 34.9 Å². The van der Waals surface area contributed by atoms with Crippen molar-refractivity contribution in [2.24, 2.45) is 5.92 Å². The molecule has 0 spiro atoms. The normalized spacial score (nSPS) is 23.3. The highest BCUT2D eigenvalue weighted by atomic mass is 16.3. The molecule has 138 valence electrons. The molecule has 2 aliphatic heterocycles. The lowest BCUT2D eigenvalue weighted by molar-refractivity contribution is -0.123. The molecule has 6 nitrogen and oxygen atoms in total. The number of carbonyl (C=O) groups is 2. The molecule has 3 heterocycles. The number of nitrogens with one attached hydrogen (secondary N) is 2.